The summed E-state index contributed by atoms with van der Waals surface area (Å²) in [5.41, 5.74) is 2.19. The molecule has 0 aliphatic rings. The Bertz CT molecular complexity index is 281. The Kier molecular flexibility index (Phi) is 3.29. The normalized spacial score (nSPS) is 10.5. The molecule has 2 nitrogen and oxygen atoms in total. The lowest BCUT2D eigenvalue weighted by Gasteiger charge is -2.11. The van der Waals surface area contributed by atoms with Crippen LogP contribution in [0.25, 0.3) is 0 Å². The van der Waals surface area contributed by atoms with Crippen LogP contribution in [0, 0.1) is 6.92 Å². The molecule has 1 rings (SSSR count). The van der Waals surface area contributed by atoms with E-state index < -0.39 is 0 Å². The molecule has 0 saturated heterocycles. The van der Waals surface area contributed by atoms with Crippen molar-refractivity contribution in [3.05, 3.63) is 23.4 Å². The molecule has 72 valence electrons. The van der Waals surface area contributed by atoms with Gasteiger partial charge < -0.3 is 4.74 Å². The van der Waals surface area contributed by atoms with Crippen molar-refractivity contribution in [1.82, 2.24) is 4.98 Å². The highest BCUT2D eigenvalue weighted by Crippen LogP contribution is 2.24. The van der Waals surface area contributed by atoms with E-state index in [1.165, 1.54) is 5.56 Å². The molecular formula is C11H17NO. The van der Waals surface area contributed by atoms with Gasteiger partial charge in [0.05, 0.1) is 6.61 Å². The summed E-state index contributed by atoms with van der Waals surface area (Å²) in [7, 11) is 0. The van der Waals surface area contributed by atoms with Crippen molar-refractivity contribution in [2.45, 2.75) is 33.6 Å². The van der Waals surface area contributed by atoms with Crippen molar-refractivity contribution in [2.24, 2.45) is 0 Å². The van der Waals surface area contributed by atoms with E-state index in [0.29, 0.717) is 12.5 Å². The molecule has 0 aliphatic carbocycles. The van der Waals surface area contributed by atoms with Crippen molar-refractivity contribution in [2.75, 3.05) is 6.61 Å². The summed E-state index contributed by atoms with van der Waals surface area (Å²) in [5.74, 6) is 1.26. The standard InChI is InChI=1S/C11H17NO/c1-5-13-11-10(8(2)3)7-6-9(4)12-11/h6-8H,5H2,1-4H3. The lowest BCUT2D eigenvalue weighted by atomic mass is 10.0. The number of nitrogens with zero attached hydrogens (tertiary/aromatic N) is 1. The maximum Gasteiger partial charge on any atom is 0.216 e. The Labute approximate surface area is 80.0 Å². The number of pyridine rings is 1. The molecule has 0 bridgehead atoms. The maximum atomic E-state index is 5.47. The van der Waals surface area contributed by atoms with Gasteiger partial charge in [-0.05, 0) is 25.8 Å². The summed E-state index contributed by atoms with van der Waals surface area (Å²) >= 11 is 0. The lowest BCUT2D eigenvalue weighted by molar-refractivity contribution is 0.321. The van der Waals surface area contributed by atoms with Gasteiger partial charge in [-0.15, -0.1) is 0 Å². The smallest absolute Gasteiger partial charge is 0.216 e. The molecule has 0 spiro atoms. The molecule has 0 amide bonds. The number of aryl methyl sites for hydroxylation is 1. The topological polar surface area (TPSA) is 22.1 Å². The van der Waals surface area contributed by atoms with Gasteiger partial charge in [0, 0.05) is 11.3 Å². The van der Waals surface area contributed by atoms with Crippen molar-refractivity contribution < 1.29 is 4.74 Å². The second-order valence-electron chi connectivity index (χ2n) is 3.43. The van der Waals surface area contributed by atoms with E-state index in [2.05, 4.69) is 24.9 Å². The van der Waals surface area contributed by atoms with Crippen molar-refractivity contribution in [3.8, 4) is 5.88 Å². The van der Waals surface area contributed by atoms with Gasteiger partial charge in [-0.25, -0.2) is 4.98 Å². The fraction of sp³-hybridized carbons (Fsp3) is 0.545. The molecule has 1 aromatic heterocycles. The largest absolute Gasteiger partial charge is 0.478 e. The van der Waals surface area contributed by atoms with Crippen LogP contribution in [0.3, 0.4) is 0 Å². The molecule has 13 heavy (non-hydrogen) atoms. The lowest BCUT2D eigenvalue weighted by Crippen LogP contribution is -2.01. The highest BCUT2D eigenvalue weighted by Gasteiger charge is 2.08. The van der Waals surface area contributed by atoms with Crippen LogP contribution in [0.4, 0.5) is 0 Å². The monoisotopic (exact) mass is 179 g/mol. The highest BCUT2D eigenvalue weighted by atomic mass is 16.5. The molecule has 0 aromatic carbocycles. The number of ether oxygens (including phenoxy) is 1. The third kappa shape index (κ3) is 2.44. The first-order valence-electron chi connectivity index (χ1n) is 4.75. The summed E-state index contributed by atoms with van der Waals surface area (Å²) in [6.07, 6.45) is 0. The summed E-state index contributed by atoms with van der Waals surface area (Å²) in [4.78, 5) is 4.36. The van der Waals surface area contributed by atoms with E-state index in [0.717, 1.165) is 11.6 Å². The zero-order valence-corrected chi connectivity index (χ0v) is 8.79. The van der Waals surface area contributed by atoms with Crippen LogP contribution in [0.15, 0.2) is 12.1 Å². The van der Waals surface area contributed by atoms with Gasteiger partial charge in [-0.3, -0.25) is 0 Å². The van der Waals surface area contributed by atoms with Gasteiger partial charge in [0.15, 0.2) is 0 Å². The molecule has 0 aliphatic heterocycles. The van der Waals surface area contributed by atoms with Gasteiger partial charge >= 0.3 is 0 Å². The van der Waals surface area contributed by atoms with Gasteiger partial charge in [0.2, 0.25) is 5.88 Å². The van der Waals surface area contributed by atoms with Gasteiger partial charge in [-0.1, -0.05) is 19.9 Å². The van der Waals surface area contributed by atoms with Gasteiger partial charge in [0.1, 0.15) is 0 Å². The SMILES string of the molecule is CCOc1nc(C)ccc1C(C)C. The Hall–Kier alpha value is -1.05. The zero-order chi connectivity index (χ0) is 9.84. The molecule has 0 radical (unpaired) electrons. The van der Waals surface area contributed by atoms with E-state index in [9.17, 15) is 0 Å². The predicted molar refractivity (Wildman–Crippen MR) is 54.2 cm³/mol. The van der Waals surface area contributed by atoms with Crippen LogP contribution >= 0.6 is 0 Å². The molecule has 1 heterocycles. The van der Waals surface area contributed by atoms with E-state index in [4.69, 9.17) is 4.74 Å². The summed E-state index contributed by atoms with van der Waals surface area (Å²) < 4.78 is 5.47. The number of aromatic nitrogens is 1. The zero-order valence-electron chi connectivity index (χ0n) is 8.79. The Morgan fingerprint density at radius 2 is 2.08 bits per heavy atom. The third-order valence-corrected chi connectivity index (χ3v) is 1.93. The van der Waals surface area contributed by atoms with Crippen LogP contribution < -0.4 is 4.74 Å². The molecule has 0 fully saturated rings. The summed E-state index contributed by atoms with van der Waals surface area (Å²) in [6.45, 7) is 8.93. The molecule has 0 atom stereocenters. The van der Waals surface area contributed by atoms with Crippen molar-refractivity contribution in [1.29, 1.82) is 0 Å². The average molecular weight is 179 g/mol. The minimum atomic E-state index is 0.467. The average Bonchev–Trinajstić information content (AvgIpc) is 2.04. The second kappa shape index (κ2) is 4.26. The molecule has 2 heteroatoms. The van der Waals surface area contributed by atoms with Crippen molar-refractivity contribution in [3.63, 3.8) is 0 Å². The first-order chi connectivity index (χ1) is 6.15. The number of hydrogen-bond donors (Lipinski definition) is 0. The Morgan fingerprint density at radius 3 is 2.62 bits per heavy atom. The maximum absolute atomic E-state index is 5.47. The summed E-state index contributed by atoms with van der Waals surface area (Å²) in [5, 5.41) is 0. The van der Waals surface area contributed by atoms with Crippen LogP contribution in [-0.4, -0.2) is 11.6 Å². The third-order valence-electron chi connectivity index (χ3n) is 1.93. The van der Waals surface area contributed by atoms with Crippen LogP contribution in [0.1, 0.15) is 37.9 Å². The highest BCUT2D eigenvalue weighted by molar-refractivity contribution is 5.30. The predicted octanol–water partition coefficient (Wildman–Crippen LogP) is 2.91. The molecule has 0 saturated carbocycles. The van der Waals surface area contributed by atoms with E-state index in [-0.39, 0.29) is 0 Å². The van der Waals surface area contributed by atoms with E-state index in [1.807, 2.05) is 19.9 Å². The van der Waals surface area contributed by atoms with Crippen LogP contribution in [0.5, 0.6) is 5.88 Å². The number of rotatable bonds is 3. The van der Waals surface area contributed by atoms with Crippen molar-refractivity contribution >= 4 is 0 Å². The fourth-order valence-electron chi connectivity index (χ4n) is 1.24. The minimum absolute atomic E-state index is 0.467. The number of hydrogen-bond acceptors (Lipinski definition) is 2. The molecule has 1 aromatic rings. The first-order valence-corrected chi connectivity index (χ1v) is 4.75. The Morgan fingerprint density at radius 1 is 1.38 bits per heavy atom. The first kappa shape index (κ1) is 10.0. The van der Waals surface area contributed by atoms with E-state index in [1.54, 1.807) is 0 Å². The summed E-state index contributed by atoms with van der Waals surface area (Å²) in [6, 6.07) is 4.12. The fourth-order valence-corrected chi connectivity index (χ4v) is 1.24. The van der Waals surface area contributed by atoms with Gasteiger partial charge in [-0.2, -0.15) is 0 Å². The molecular weight excluding hydrogens is 162 g/mol. The van der Waals surface area contributed by atoms with E-state index >= 15 is 0 Å². The minimum Gasteiger partial charge on any atom is -0.478 e. The Balaban J connectivity index is 3.03. The molecule has 0 N–H and O–H groups in total. The van der Waals surface area contributed by atoms with Gasteiger partial charge in [0.25, 0.3) is 0 Å². The van der Waals surface area contributed by atoms with Crippen LogP contribution in [-0.2, 0) is 0 Å². The van der Waals surface area contributed by atoms with Crippen LogP contribution in [0.2, 0.25) is 0 Å². The quantitative estimate of drug-likeness (QED) is 0.711. The second-order valence-corrected chi connectivity index (χ2v) is 3.43. The molecule has 0 unspecified atom stereocenters.